The summed E-state index contributed by atoms with van der Waals surface area (Å²) in [7, 11) is 0. The first-order valence-corrected chi connectivity index (χ1v) is 8.08. The summed E-state index contributed by atoms with van der Waals surface area (Å²) in [6, 6.07) is 5.89. The van der Waals surface area contributed by atoms with Crippen LogP contribution in [0.3, 0.4) is 0 Å². The lowest BCUT2D eigenvalue weighted by Crippen LogP contribution is -2.39. The lowest BCUT2D eigenvalue weighted by Gasteiger charge is -2.41. The molecule has 1 aliphatic heterocycles. The van der Waals surface area contributed by atoms with Gasteiger partial charge in [-0.1, -0.05) is 38.8 Å². The minimum atomic E-state index is 0.394. The van der Waals surface area contributed by atoms with Gasteiger partial charge < -0.3 is 5.11 Å². The highest BCUT2D eigenvalue weighted by molar-refractivity contribution is 9.10. The summed E-state index contributed by atoms with van der Waals surface area (Å²) >= 11 is 3.38. The van der Waals surface area contributed by atoms with E-state index in [0.717, 1.165) is 29.7 Å². The molecule has 19 heavy (non-hydrogen) atoms. The van der Waals surface area contributed by atoms with Crippen LogP contribution in [0.1, 0.15) is 45.1 Å². The summed E-state index contributed by atoms with van der Waals surface area (Å²) in [5.74, 6) is 0.394. The Morgan fingerprint density at radius 3 is 2.42 bits per heavy atom. The maximum Gasteiger partial charge on any atom is 0.134 e. The largest absolute Gasteiger partial charge is 0.506 e. The van der Waals surface area contributed by atoms with Crippen molar-refractivity contribution in [1.82, 2.24) is 4.90 Å². The molecule has 0 saturated carbocycles. The standard InChI is InChI=1S/C16H24BrNO/c1-3-16(4-2)8-10-18(11-9-16)12-13-6-5-7-14(17)15(13)19/h5-7,19H,3-4,8-12H2,1-2H3. The number of nitrogens with zero attached hydrogens (tertiary/aromatic N) is 1. The van der Waals surface area contributed by atoms with Crippen LogP contribution in [0.5, 0.6) is 5.75 Å². The van der Waals surface area contributed by atoms with E-state index >= 15 is 0 Å². The number of halogens is 1. The summed E-state index contributed by atoms with van der Waals surface area (Å²) in [5.41, 5.74) is 1.59. The second kappa shape index (κ2) is 6.27. The summed E-state index contributed by atoms with van der Waals surface area (Å²) in [5, 5.41) is 10.0. The van der Waals surface area contributed by atoms with Gasteiger partial charge in [0.25, 0.3) is 0 Å². The number of phenolic OH excluding ortho intramolecular Hbond substituents is 1. The van der Waals surface area contributed by atoms with Gasteiger partial charge in [-0.05, 0) is 53.3 Å². The molecule has 2 rings (SSSR count). The molecule has 3 heteroatoms. The van der Waals surface area contributed by atoms with Crippen LogP contribution in [0.15, 0.2) is 22.7 Å². The van der Waals surface area contributed by atoms with Gasteiger partial charge in [-0.25, -0.2) is 0 Å². The number of benzene rings is 1. The minimum absolute atomic E-state index is 0.394. The fourth-order valence-electron chi connectivity index (χ4n) is 3.07. The molecule has 0 spiro atoms. The summed E-state index contributed by atoms with van der Waals surface area (Å²) < 4.78 is 0.790. The zero-order chi connectivity index (χ0) is 13.9. The van der Waals surface area contributed by atoms with Crippen molar-refractivity contribution in [3.8, 4) is 5.75 Å². The zero-order valence-electron chi connectivity index (χ0n) is 12.0. The zero-order valence-corrected chi connectivity index (χ0v) is 13.5. The summed E-state index contributed by atoms with van der Waals surface area (Å²) in [6.45, 7) is 7.79. The van der Waals surface area contributed by atoms with Crippen LogP contribution in [0.25, 0.3) is 0 Å². The van der Waals surface area contributed by atoms with E-state index in [2.05, 4.69) is 34.7 Å². The van der Waals surface area contributed by atoms with Crippen molar-refractivity contribution in [2.24, 2.45) is 5.41 Å². The van der Waals surface area contributed by atoms with Gasteiger partial charge in [-0.3, -0.25) is 4.90 Å². The molecule has 1 aromatic rings. The van der Waals surface area contributed by atoms with E-state index in [1.54, 1.807) is 0 Å². The average Bonchev–Trinajstić information content (AvgIpc) is 2.45. The topological polar surface area (TPSA) is 23.5 Å². The van der Waals surface area contributed by atoms with Crippen LogP contribution in [0.2, 0.25) is 0 Å². The van der Waals surface area contributed by atoms with Crippen molar-refractivity contribution in [1.29, 1.82) is 0 Å². The Balaban J connectivity index is 1.98. The van der Waals surface area contributed by atoms with Crippen LogP contribution < -0.4 is 0 Å². The molecule has 1 fully saturated rings. The minimum Gasteiger partial charge on any atom is -0.506 e. The maximum absolute atomic E-state index is 10.0. The van der Waals surface area contributed by atoms with E-state index in [9.17, 15) is 5.11 Å². The number of hydrogen-bond acceptors (Lipinski definition) is 2. The van der Waals surface area contributed by atoms with E-state index in [0.29, 0.717) is 11.2 Å². The lowest BCUT2D eigenvalue weighted by molar-refractivity contribution is 0.0904. The van der Waals surface area contributed by atoms with E-state index in [-0.39, 0.29) is 0 Å². The van der Waals surface area contributed by atoms with Crippen molar-refractivity contribution < 1.29 is 5.11 Å². The van der Waals surface area contributed by atoms with Crippen LogP contribution in [-0.2, 0) is 6.54 Å². The van der Waals surface area contributed by atoms with Gasteiger partial charge in [0.15, 0.2) is 0 Å². The van der Waals surface area contributed by atoms with E-state index in [1.165, 1.54) is 25.7 Å². The van der Waals surface area contributed by atoms with Crippen LogP contribution >= 0.6 is 15.9 Å². The Kier molecular flexibility index (Phi) is 4.91. The molecule has 106 valence electrons. The average molecular weight is 326 g/mol. The van der Waals surface area contributed by atoms with Crippen molar-refractivity contribution in [2.45, 2.75) is 46.1 Å². The van der Waals surface area contributed by atoms with Crippen molar-refractivity contribution >= 4 is 15.9 Å². The molecule has 0 amide bonds. The van der Waals surface area contributed by atoms with E-state index < -0.39 is 0 Å². The number of aromatic hydroxyl groups is 1. The second-order valence-corrected chi connectivity index (χ2v) is 6.59. The fraction of sp³-hybridized carbons (Fsp3) is 0.625. The molecule has 1 aliphatic rings. The molecule has 1 heterocycles. The molecular weight excluding hydrogens is 302 g/mol. The molecule has 1 saturated heterocycles. The highest BCUT2D eigenvalue weighted by Crippen LogP contribution is 2.38. The van der Waals surface area contributed by atoms with Gasteiger partial charge >= 0.3 is 0 Å². The van der Waals surface area contributed by atoms with Gasteiger partial charge in [0, 0.05) is 12.1 Å². The summed E-state index contributed by atoms with van der Waals surface area (Å²) in [6.07, 6.45) is 5.16. The highest BCUT2D eigenvalue weighted by Gasteiger charge is 2.31. The Labute approximate surface area is 124 Å². The second-order valence-electron chi connectivity index (χ2n) is 5.73. The molecule has 0 aromatic heterocycles. The number of likely N-dealkylation sites (tertiary alicyclic amines) is 1. The third-order valence-corrected chi connectivity index (χ3v) is 5.52. The number of rotatable bonds is 4. The molecule has 0 unspecified atom stereocenters. The summed E-state index contributed by atoms with van der Waals surface area (Å²) in [4.78, 5) is 2.46. The van der Waals surface area contributed by atoms with Crippen LogP contribution in [0, 0.1) is 5.41 Å². The van der Waals surface area contributed by atoms with E-state index in [1.807, 2.05) is 18.2 Å². The number of phenols is 1. The third-order valence-electron chi connectivity index (χ3n) is 4.88. The monoisotopic (exact) mass is 325 g/mol. The molecule has 0 bridgehead atoms. The number of piperidine rings is 1. The van der Waals surface area contributed by atoms with Gasteiger partial charge in [-0.2, -0.15) is 0 Å². The quantitative estimate of drug-likeness (QED) is 0.877. The van der Waals surface area contributed by atoms with Gasteiger partial charge in [0.2, 0.25) is 0 Å². The maximum atomic E-state index is 10.0. The predicted molar refractivity (Wildman–Crippen MR) is 83.3 cm³/mol. The van der Waals surface area contributed by atoms with Gasteiger partial charge in [0.05, 0.1) is 4.47 Å². The predicted octanol–water partition coefficient (Wildman–Crippen LogP) is 4.56. The van der Waals surface area contributed by atoms with Crippen molar-refractivity contribution in [3.63, 3.8) is 0 Å². The Morgan fingerprint density at radius 2 is 1.84 bits per heavy atom. The highest BCUT2D eigenvalue weighted by atomic mass is 79.9. The number of para-hydroxylation sites is 1. The fourth-order valence-corrected chi connectivity index (χ4v) is 3.48. The molecule has 2 nitrogen and oxygen atoms in total. The smallest absolute Gasteiger partial charge is 0.134 e. The third kappa shape index (κ3) is 3.32. The molecule has 1 aromatic carbocycles. The van der Waals surface area contributed by atoms with Crippen LogP contribution in [-0.4, -0.2) is 23.1 Å². The molecule has 0 atom stereocenters. The van der Waals surface area contributed by atoms with Gasteiger partial charge in [0.1, 0.15) is 5.75 Å². The molecular formula is C16H24BrNO. The molecule has 0 aliphatic carbocycles. The SMILES string of the molecule is CCC1(CC)CCN(Cc2cccc(Br)c2O)CC1. The van der Waals surface area contributed by atoms with E-state index in [4.69, 9.17) is 0 Å². The lowest BCUT2D eigenvalue weighted by atomic mass is 9.74. The Bertz CT molecular complexity index is 419. The van der Waals surface area contributed by atoms with Crippen molar-refractivity contribution in [2.75, 3.05) is 13.1 Å². The van der Waals surface area contributed by atoms with Gasteiger partial charge in [-0.15, -0.1) is 0 Å². The normalized spacial score (nSPS) is 19.5. The number of hydrogen-bond donors (Lipinski definition) is 1. The molecule has 1 N–H and O–H groups in total. The molecule has 0 radical (unpaired) electrons. The van der Waals surface area contributed by atoms with Crippen LogP contribution in [0.4, 0.5) is 0 Å². The Hall–Kier alpha value is -0.540. The van der Waals surface area contributed by atoms with Crippen molar-refractivity contribution in [3.05, 3.63) is 28.2 Å². The first-order valence-electron chi connectivity index (χ1n) is 7.29. The first-order chi connectivity index (χ1) is 9.10. The Morgan fingerprint density at radius 1 is 1.21 bits per heavy atom. The first kappa shape index (κ1) is 14.9.